The van der Waals surface area contributed by atoms with Crippen LogP contribution in [0.4, 0.5) is 5.69 Å². The predicted molar refractivity (Wildman–Crippen MR) is 168 cm³/mol. The van der Waals surface area contributed by atoms with Crippen LogP contribution in [-0.2, 0) is 16.0 Å². The van der Waals surface area contributed by atoms with E-state index in [-0.39, 0.29) is 29.9 Å². The largest absolute Gasteiger partial charge is 0.491 e. The van der Waals surface area contributed by atoms with Gasteiger partial charge in [0.2, 0.25) is 5.91 Å². The fourth-order valence-electron chi connectivity index (χ4n) is 7.10. The van der Waals surface area contributed by atoms with Gasteiger partial charge in [0.1, 0.15) is 11.5 Å². The van der Waals surface area contributed by atoms with Gasteiger partial charge in [-0.2, -0.15) is 0 Å². The van der Waals surface area contributed by atoms with E-state index >= 15 is 0 Å². The van der Waals surface area contributed by atoms with Gasteiger partial charge < -0.3 is 19.7 Å². The normalized spacial score (nSPS) is 21.6. The van der Waals surface area contributed by atoms with Crippen LogP contribution in [0.15, 0.2) is 72.8 Å². The number of fused-ring (bicyclic) bond motifs is 3. The summed E-state index contributed by atoms with van der Waals surface area (Å²) in [7, 11) is 0. The first kappa shape index (κ1) is 30.3. The zero-order chi connectivity index (χ0) is 30.6. The van der Waals surface area contributed by atoms with E-state index in [4.69, 9.17) is 9.47 Å². The van der Waals surface area contributed by atoms with Crippen molar-refractivity contribution < 1.29 is 23.9 Å². The average Bonchev–Trinajstić information content (AvgIpc) is 2.98. The molecule has 0 saturated heterocycles. The minimum absolute atomic E-state index is 0.0978. The van der Waals surface area contributed by atoms with Crippen LogP contribution in [0.1, 0.15) is 93.6 Å². The van der Waals surface area contributed by atoms with E-state index in [0.29, 0.717) is 29.2 Å². The number of hydrogen-bond donors (Lipinski definition) is 1. The van der Waals surface area contributed by atoms with Gasteiger partial charge in [-0.3, -0.25) is 14.4 Å². The molecule has 2 amide bonds. The van der Waals surface area contributed by atoms with Gasteiger partial charge >= 0.3 is 5.97 Å². The van der Waals surface area contributed by atoms with E-state index in [1.165, 1.54) is 19.4 Å². The molecule has 0 radical (unpaired) electrons. The Morgan fingerprint density at radius 3 is 2.37 bits per heavy atom. The second-order valence-electron chi connectivity index (χ2n) is 12.0. The molecule has 1 fully saturated rings. The highest BCUT2D eigenvalue weighted by atomic mass is 16.5. The molecule has 0 bridgehead atoms. The summed E-state index contributed by atoms with van der Waals surface area (Å²) in [4.78, 5) is 41.1. The van der Waals surface area contributed by atoms with Gasteiger partial charge in [-0.25, -0.2) is 0 Å². The van der Waals surface area contributed by atoms with Crippen LogP contribution < -0.4 is 19.7 Å². The van der Waals surface area contributed by atoms with Crippen molar-refractivity contribution in [3.8, 4) is 11.5 Å². The van der Waals surface area contributed by atoms with Crippen molar-refractivity contribution in [1.82, 2.24) is 5.32 Å². The van der Waals surface area contributed by atoms with Crippen molar-refractivity contribution in [2.75, 3.05) is 4.90 Å². The third-order valence-electron chi connectivity index (χ3n) is 8.95. The third kappa shape index (κ3) is 6.46. The maximum absolute atomic E-state index is 14.3. The molecule has 2 aliphatic rings. The molecule has 226 valence electrons. The van der Waals surface area contributed by atoms with Crippen LogP contribution in [0, 0.1) is 0 Å². The molecule has 1 aliphatic carbocycles. The number of nitrogens with zero attached hydrogens (tertiary/aromatic N) is 1. The Labute approximate surface area is 254 Å². The molecular weight excluding hydrogens is 540 g/mol. The molecule has 2 unspecified atom stereocenters. The standard InChI is InChI=1S/C36H42N2O5/c1-24(14-13-17-28-15-7-5-8-16-28)42-30-22-32-34(33(23-30)43-27(4)40)31-20-11-12-21-36(31,37-26(3)39)25(2)38(32)35(41)29-18-9-6-10-19-29/h5-10,15-16,18-19,22-25,31H,11-14,17,20-21H2,1-4H3,(H,37,39)/t24?,25-,31?,36-/m1/s1. The molecule has 4 atom stereocenters. The van der Waals surface area contributed by atoms with Crippen LogP contribution >= 0.6 is 0 Å². The number of nitrogens with one attached hydrogen (secondary N) is 1. The molecule has 3 aromatic rings. The predicted octanol–water partition coefficient (Wildman–Crippen LogP) is 6.98. The summed E-state index contributed by atoms with van der Waals surface area (Å²) in [6, 6.07) is 22.9. The number of rotatable bonds is 9. The van der Waals surface area contributed by atoms with Crippen molar-refractivity contribution in [2.24, 2.45) is 0 Å². The summed E-state index contributed by atoms with van der Waals surface area (Å²) in [6.45, 7) is 6.96. The second-order valence-corrected chi connectivity index (χ2v) is 12.0. The number of carbonyl (C=O) groups is 3. The lowest BCUT2D eigenvalue weighted by atomic mass is 9.62. The number of amides is 2. The highest BCUT2D eigenvalue weighted by Crippen LogP contribution is 2.55. The summed E-state index contributed by atoms with van der Waals surface area (Å²) in [5, 5.41) is 3.28. The van der Waals surface area contributed by atoms with E-state index in [9.17, 15) is 14.4 Å². The molecule has 7 nitrogen and oxygen atoms in total. The fraction of sp³-hybridized carbons (Fsp3) is 0.417. The minimum Gasteiger partial charge on any atom is -0.491 e. The van der Waals surface area contributed by atoms with Crippen molar-refractivity contribution >= 4 is 23.5 Å². The van der Waals surface area contributed by atoms with Gasteiger partial charge in [-0.15, -0.1) is 0 Å². The monoisotopic (exact) mass is 582 g/mol. The number of esters is 1. The molecule has 1 heterocycles. The topological polar surface area (TPSA) is 84.9 Å². The van der Waals surface area contributed by atoms with Gasteiger partial charge in [0.05, 0.1) is 23.4 Å². The Balaban J connectivity index is 1.57. The maximum Gasteiger partial charge on any atom is 0.308 e. The zero-order valence-electron chi connectivity index (χ0n) is 25.6. The Kier molecular flexibility index (Phi) is 9.19. The highest BCUT2D eigenvalue weighted by Gasteiger charge is 2.55. The molecule has 3 aromatic carbocycles. The Morgan fingerprint density at radius 1 is 1.00 bits per heavy atom. The van der Waals surface area contributed by atoms with E-state index < -0.39 is 11.5 Å². The highest BCUT2D eigenvalue weighted by molar-refractivity contribution is 6.08. The first-order valence-corrected chi connectivity index (χ1v) is 15.4. The second kappa shape index (κ2) is 13.0. The van der Waals surface area contributed by atoms with Crippen molar-refractivity contribution in [3.63, 3.8) is 0 Å². The maximum atomic E-state index is 14.3. The number of hydrogen-bond acceptors (Lipinski definition) is 5. The fourth-order valence-corrected chi connectivity index (χ4v) is 7.10. The number of carbonyl (C=O) groups excluding carboxylic acids is 3. The van der Waals surface area contributed by atoms with Crippen molar-refractivity contribution in [2.45, 2.75) is 96.2 Å². The first-order valence-electron chi connectivity index (χ1n) is 15.4. The minimum atomic E-state index is -0.705. The van der Waals surface area contributed by atoms with Gasteiger partial charge in [0.25, 0.3) is 5.91 Å². The van der Waals surface area contributed by atoms with E-state index in [2.05, 4.69) is 29.6 Å². The summed E-state index contributed by atoms with van der Waals surface area (Å²) in [5.74, 6) is 0.0222. The van der Waals surface area contributed by atoms with Gasteiger partial charge in [0, 0.05) is 43.0 Å². The molecule has 43 heavy (non-hydrogen) atoms. The van der Waals surface area contributed by atoms with Gasteiger partial charge in [0.15, 0.2) is 0 Å². The lowest BCUT2D eigenvalue weighted by Gasteiger charge is -2.56. The van der Waals surface area contributed by atoms with Gasteiger partial charge in [-0.1, -0.05) is 61.4 Å². The molecule has 5 rings (SSSR count). The molecule has 1 saturated carbocycles. The molecule has 1 aliphatic heterocycles. The summed E-state index contributed by atoms with van der Waals surface area (Å²) < 4.78 is 12.3. The average molecular weight is 583 g/mol. The lowest BCUT2D eigenvalue weighted by molar-refractivity contribution is -0.132. The van der Waals surface area contributed by atoms with Crippen LogP contribution in [0.3, 0.4) is 0 Å². The molecule has 7 heteroatoms. The van der Waals surface area contributed by atoms with Crippen molar-refractivity contribution in [3.05, 3.63) is 89.5 Å². The van der Waals surface area contributed by atoms with Crippen molar-refractivity contribution in [1.29, 1.82) is 0 Å². The van der Waals surface area contributed by atoms with Crippen LogP contribution in [0.2, 0.25) is 0 Å². The van der Waals surface area contributed by atoms with Crippen LogP contribution in [-0.4, -0.2) is 35.5 Å². The molecule has 0 aromatic heterocycles. The summed E-state index contributed by atoms with van der Waals surface area (Å²) >= 11 is 0. The van der Waals surface area contributed by atoms with Crippen LogP contribution in [0.5, 0.6) is 11.5 Å². The van der Waals surface area contributed by atoms with Crippen LogP contribution in [0.25, 0.3) is 0 Å². The summed E-state index contributed by atoms with van der Waals surface area (Å²) in [5.41, 5.74) is 2.57. The quantitative estimate of drug-likeness (QED) is 0.217. The third-order valence-corrected chi connectivity index (χ3v) is 8.95. The lowest BCUT2D eigenvalue weighted by Crippen LogP contribution is -2.68. The Hall–Kier alpha value is -4.13. The molecule has 0 spiro atoms. The molecule has 1 N–H and O–H groups in total. The van der Waals surface area contributed by atoms with Gasteiger partial charge in [-0.05, 0) is 63.6 Å². The number of ether oxygens (including phenoxy) is 2. The van der Waals surface area contributed by atoms with E-state index in [1.807, 2.05) is 44.2 Å². The Bertz CT molecular complexity index is 1460. The Morgan fingerprint density at radius 2 is 1.70 bits per heavy atom. The molecular formula is C36H42N2O5. The first-order chi connectivity index (χ1) is 20.7. The zero-order valence-corrected chi connectivity index (χ0v) is 25.6. The smallest absolute Gasteiger partial charge is 0.308 e. The number of benzene rings is 3. The number of anilines is 1. The van der Waals surface area contributed by atoms with E-state index in [0.717, 1.165) is 44.1 Å². The SMILES string of the molecule is CC(=O)N[C@@]12CCCCC1c1c(OC(C)=O)cc(OC(C)CCCc3ccccc3)cc1N(C(=O)c1ccccc1)[C@@H]2C. The summed E-state index contributed by atoms with van der Waals surface area (Å²) in [6.07, 6.45) is 6.08. The van der Waals surface area contributed by atoms with E-state index in [1.54, 1.807) is 23.1 Å². The number of aryl methyl sites for hydroxylation is 1.